The summed E-state index contributed by atoms with van der Waals surface area (Å²) >= 11 is 0. The van der Waals surface area contributed by atoms with Crippen LogP contribution in [0.25, 0.3) is 0 Å². The zero-order valence-corrected chi connectivity index (χ0v) is 8.34. The highest BCUT2D eigenvalue weighted by Crippen LogP contribution is 2.00. The van der Waals surface area contributed by atoms with Crippen LogP contribution in [0.2, 0.25) is 0 Å². The van der Waals surface area contributed by atoms with Gasteiger partial charge in [0.1, 0.15) is 0 Å². The summed E-state index contributed by atoms with van der Waals surface area (Å²) in [6, 6.07) is 9.56. The van der Waals surface area contributed by atoms with Gasteiger partial charge in [-0.2, -0.15) is 0 Å². The van der Waals surface area contributed by atoms with Gasteiger partial charge in [0, 0.05) is 0 Å². The maximum atomic E-state index is 11.1. The largest absolute Gasteiger partial charge is 0.218 e. The van der Waals surface area contributed by atoms with Crippen LogP contribution in [-0.4, -0.2) is 21.2 Å². The lowest BCUT2D eigenvalue weighted by Crippen LogP contribution is -2.23. The van der Waals surface area contributed by atoms with Gasteiger partial charge in [0.25, 0.3) is 0 Å². The molecule has 0 spiro atoms. The first-order chi connectivity index (χ1) is 6.14. The Hall–Kier alpha value is -0.870. The highest BCUT2D eigenvalue weighted by Gasteiger charge is 2.05. The van der Waals surface area contributed by atoms with Gasteiger partial charge in [-0.3, -0.25) is 0 Å². The Kier molecular flexibility index (Phi) is 3.45. The molecule has 0 heterocycles. The maximum absolute atomic E-state index is 11.1. The van der Waals surface area contributed by atoms with Crippen molar-refractivity contribution < 1.29 is 8.42 Å². The van der Waals surface area contributed by atoms with Crippen LogP contribution < -0.4 is 4.72 Å². The van der Waals surface area contributed by atoms with Gasteiger partial charge in [-0.05, 0) is 19.0 Å². The van der Waals surface area contributed by atoms with Crippen LogP contribution in [0.3, 0.4) is 0 Å². The number of aryl methyl sites for hydroxylation is 1. The van der Waals surface area contributed by atoms with Crippen molar-refractivity contribution in [3.05, 3.63) is 35.9 Å². The zero-order chi connectivity index (χ0) is 9.73. The smallest absolute Gasteiger partial charge is 0.211 e. The number of benzene rings is 1. The molecule has 72 valence electrons. The zero-order valence-electron chi connectivity index (χ0n) is 7.53. The molecule has 0 atom stereocenters. The highest BCUT2D eigenvalue weighted by atomic mass is 32.2. The fraction of sp³-hybridized carbons (Fsp3) is 0.333. The van der Waals surface area contributed by atoms with Gasteiger partial charge < -0.3 is 0 Å². The second-order valence-corrected chi connectivity index (χ2v) is 4.80. The first kappa shape index (κ1) is 10.2. The summed E-state index contributed by atoms with van der Waals surface area (Å²) in [6.45, 7) is 0. The van der Waals surface area contributed by atoms with Crippen molar-refractivity contribution in [3.63, 3.8) is 0 Å². The summed E-state index contributed by atoms with van der Waals surface area (Å²) < 4.78 is 24.4. The quantitative estimate of drug-likeness (QED) is 0.779. The fourth-order valence-electron chi connectivity index (χ4n) is 0.999. The van der Waals surface area contributed by atoms with Crippen LogP contribution in [0.5, 0.6) is 0 Å². The molecule has 0 radical (unpaired) electrons. The van der Waals surface area contributed by atoms with Crippen molar-refractivity contribution in [2.24, 2.45) is 0 Å². The predicted molar refractivity (Wildman–Crippen MR) is 53.0 cm³/mol. The maximum Gasteiger partial charge on any atom is 0.211 e. The number of sulfonamides is 1. The number of hydrogen-bond donors (Lipinski definition) is 1. The molecule has 1 rings (SSSR count). The summed E-state index contributed by atoms with van der Waals surface area (Å²) in [6.07, 6.45) is 0.560. The topological polar surface area (TPSA) is 46.2 Å². The molecule has 1 N–H and O–H groups in total. The first-order valence-electron chi connectivity index (χ1n) is 4.09. The van der Waals surface area contributed by atoms with Crippen molar-refractivity contribution >= 4 is 10.0 Å². The third kappa shape index (κ3) is 3.57. The van der Waals surface area contributed by atoms with E-state index in [1.807, 2.05) is 30.3 Å². The van der Waals surface area contributed by atoms with Crippen LogP contribution in [0, 0.1) is 0 Å². The summed E-state index contributed by atoms with van der Waals surface area (Å²) in [4.78, 5) is 0. The van der Waals surface area contributed by atoms with E-state index in [-0.39, 0.29) is 5.75 Å². The molecule has 0 amide bonds. The monoisotopic (exact) mass is 199 g/mol. The van der Waals surface area contributed by atoms with Crippen molar-refractivity contribution in [1.29, 1.82) is 0 Å². The molecule has 4 heteroatoms. The molecule has 0 aliphatic carbocycles. The average molecular weight is 199 g/mol. The lowest BCUT2D eigenvalue weighted by Gasteiger charge is -2.01. The van der Waals surface area contributed by atoms with E-state index in [9.17, 15) is 8.42 Å². The second kappa shape index (κ2) is 4.39. The number of rotatable bonds is 4. The second-order valence-electron chi connectivity index (χ2n) is 2.76. The minimum absolute atomic E-state index is 0.146. The van der Waals surface area contributed by atoms with E-state index in [0.29, 0.717) is 6.42 Å². The van der Waals surface area contributed by atoms with Gasteiger partial charge in [0.05, 0.1) is 5.75 Å². The summed E-state index contributed by atoms with van der Waals surface area (Å²) in [5.74, 6) is 0.146. The van der Waals surface area contributed by atoms with Gasteiger partial charge >= 0.3 is 0 Å². The van der Waals surface area contributed by atoms with E-state index < -0.39 is 10.0 Å². The molecule has 3 nitrogen and oxygen atoms in total. The molecule has 0 aliphatic heterocycles. The van der Waals surface area contributed by atoms with Crippen LogP contribution in [0.4, 0.5) is 0 Å². The highest BCUT2D eigenvalue weighted by molar-refractivity contribution is 7.89. The molecular weight excluding hydrogens is 186 g/mol. The Morgan fingerprint density at radius 1 is 1.23 bits per heavy atom. The van der Waals surface area contributed by atoms with Gasteiger partial charge in [-0.15, -0.1) is 0 Å². The Morgan fingerprint density at radius 2 is 1.85 bits per heavy atom. The SMILES string of the molecule is CNS(=O)(=O)CCc1ccccc1. The van der Waals surface area contributed by atoms with Crippen molar-refractivity contribution in [2.45, 2.75) is 6.42 Å². The first-order valence-corrected chi connectivity index (χ1v) is 5.74. The lowest BCUT2D eigenvalue weighted by atomic mass is 10.2. The number of nitrogens with one attached hydrogen (secondary N) is 1. The van der Waals surface area contributed by atoms with Gasteiger partial charge in [0.15, 0.2) is 0 Å². The molecule has 0 saturated carbocycles. The molecular formula is C9H13NO2S. The van der Waals surface area contributed by atoms with E-state index in [2.05, 4.69) is 4.72 Å². The Morgan fingerprint density at radius 3 is 2.38 bits per heavy atom. The Bertz CT molecular complexity index is 345. The minimum Gasteiger partial charge on any atom is -0.218 e. The standard InChI is InChI=1S/C9H13NO2S/c1-10-13(11,12)8-7-9-5-3-2-4-6-9/h2-6,10H,7-8H2,1H3. The van der Waals surface area contributed by atoms with Gasteiger partial charge in [0.2, 0.25) is 10.0 Å². The van der Waals surface area contributed by atoms with Gasteiger partial charge in [-0.25, -0.2) is 13.1 Å². The molecule has 0 unspecified atom stereocenters. The van der Waals surface area contributed by atoms with E-state index >= 15 is 0 Å². The molecule has 13 heavy (non-hydrogen) atoms. The normalized spacial score (nSPS) is 11.5. The summed E-state index contributed by atoms with van der Waals surface area (Å²) in [5.41, 5.74) is 1.04. The third-order valence-electron chi connectivity index (χ3n) is 1.81. The summed E-state index contributed by atoms with van der Waals surface area (Å²) in [5, 5.41) is 0. The minimum atomic E-state index is -3.07. The Labute approximate surface area is 78.8 Å². The number of hydrogen-bond acceptors (Lipinski definition) is 2. The van der Waals surface area contributed by atoms with E-state index in [1.165, 1.54) is 7.05 Å². The molecule has 0 bridgehead atoms. The van der Waals surface area contributed by atoms with Crippen LogP contribution in [-0.2, 0) is 16.4 Å². The predicted octanol–water partition coefficient (Wildman–Crippen LogP) is 0.778. The molecule has 0 saturated heterocycles. The third-order valence-corrected chi connectivity index (χ3v) is 3.18. The molecule has 0 aromatic heterocycles. The van der Waals surface area contributed by atoms with Crippen LogP contribution in [0.1, 0.15) is 5.56 Å². The van der Waals surface area contributed by atoms with Crippen molar-refractivity contribution in [2.75, 3.05) is 12.8 Å². The van der Waals surface area contributed by atoms with E-state index in [1.54, 1.807) is 0 Å². The van der Waals surface area contributed by atoms with Crippen molar-refractivity contribution in [1.82, 2.24) is 4.72 Å². The van der Waals surface area contributed by atoms with Crippen LogP contribution in [0.15, 0.2) is 30.3 Å². The molecule has 1 aromatic rings. The molecule has 0 fully saturated rings. The van der Waals surface area contributed by atoms with E-state index in [4.69, 9.17) is 0 Å². The molecule has 1 aromatic carbocycles. The fourth-order valence-corrected chi connectivity index (χ4v) is 1.71. The average Bonchev–Trinajstić information content (AvgIpc) is 2.17. The molecule has 0 aliphatic rings. The van der Waals surface area contributed by atoms with Crippen molar-refractivity contribution in [3.8, 4) is 0 Å². The summed E-state index contributed by atoms with van der Waals surface area (Å²) in [7, 11) is -1.64. The van der Waals surface area contributed by atoms with Gasteiger partial charge in [-0.1, -0.05) is 30.3 Å². The lowest BCUT2D eigenvalue weighted by molar-refractivity contribution is 0.587. The van der Waals surface area contributed by atoms with Crippen LogP contribution >= 0.6 is 0 Å². The Balaban J connectivity index is 2.54. The van der Waals surface area contributed by atoms with E-state index in [0.717, 1.165) is 5.56 Å².